The number of benzene rings is 1. The molecular formula is C15H14N2O3S. The van der Waals surface area contributed by atoms with Crippen LogP contribution in [0.1, 0.15) is 30.0 Å². The fourth-order valence-electron chi connectivity index (χ4n) is 2.08. The molecule has 1 aliphatic carbocycles. The third-order valence-corrected chi connectivity index (χ3v) is 4.09. The van der Waals surface area contributed by atoms with E-state index < -0.39 is 6.09 Å². The predicted octanol–water partition coefficient (Wildman–Crippen LogP) is 3.34. The Labute approximate surface area is 126 Å². The van der Waals surface area contributed by atoms with Crippen molar-refractivity contribution in [2.24, 2.45) is 0 Å². The fourth-order valence-corrected chi connectivity index (χ4v) is 2.85. The number of thiazole rings is 1. The molecule has 0 unspecified atom stereocenters. The Kier molecular flexibility index (Phi) is 3.96. The summed E-state index contributed by atoms with van der Waals surface area (Å²) in [7, 11) is 0. The van der Waals surface area contributed by atoms with E-state index in [1.54, 1.807) is 0 Å². The molecule has 0 saturated heterocycles. The normalized spacial score (nSPS) is 14.6. The molecule has 0 atom stereocenters. The van der Waals surface area contributed by atoms with Gasteiger partial charge in [0.2, 0.25) is 0 Å². The van der Waals surface area contributed by atoms with Crippen LogP contribution in [0.4, 0.5) is 9.93 Å². The van der Waals surface area contributed by atoms with Crippen LogP contribution in [0.3, 0.4) is 0 Å². The highest BCUT2D eigenvalue weighted by Crippen LogP contribution is 2.35. The number of ketones is 1. The molecule has 0 radical (unpaired) electrons. The van der Waals surface area contributed by atoms with Crippen molar-refractivity contribution in [3.05, 3.63) is 47.0 Å². The molecule has 2 aromatic rings. The number of rotatable bonds is 4. The van der Waals surface area contributed by atoms with Crippen LogP contribution in [0.2, 0.25) is 0 Å². The van der Waals surface area contributed by atoms with E-state index in [4.69, 9.17) is 4.74 Å². The lowest BCUT2D eigenvalue weighted by molar-refractivity contribution is -0.124. The largest absolute Gasteiger partial charge is 0.444 e. The average Bonchev–Trinajstić information content (AvgIpc) is 2.91. The van der Waals surface area contributed by atoms with E-state index >= 15 is 0 Å². The van der Waals surface area contributed by atoms with Crippen molar-refractivity contribution in [3.8, 4) is 0 Å². The first kappa shape index (κ1) is 13.8. The Balaban J connectivity index is 1.49. The minimum atomic E-state index is -0.524. The maximum Gasteiger partial charge on any atom is 0.413 e. The maximum atomic E-state index is 11.7. The Bertz CT molecular complexity index is 646. The van der Waals surface area contributed by atoms with E-state index in [1.165, 1.54) is 11.3 Å². The van der Waals surface area contributed by atoms with Crippen molar-refractivity contribution in [2.75, 3.05) is 5.32 Å². The number of carbonyl (C=O) groups is 2. The number of ether oxygens (including phenoxy) is 1. The molecular weight excluding hydrogens is 288 g/mol. The third kappa shape index (κ3) is 3.46. The lowest BCUT2D eigenvalue weighted by Crippen LogP contribution is -2.21. The molecule has 1 saturated carbocycles. The topological polar surface area (TPSA) is 68.3 Å². The van der Waals surface area contributed by atoms with Crippen LogP contribution >= 0.6 is 11.3 Å². The molecule has 1 N–H and O–H groups in total. The van der Waals surface area contributed by atoms with Gasteiger partial charge in [0.1, 0.15) is 12.4 Å². The highest BCUT2D eigenvalue weighted by atomic mass is 32.1. The zero-order valence-electron chi connectivity index (χ0n) is 11.2. The zero-order valence-corrected chi connectivity index (χ0v) is 12.1. The molecule has 3 rings (SSSR count). The fraction of sp³-hybridized carbons (Fsp3) is 0.267. The van der Waals surface area contributed by atoms with E-state index in [2.05, 4.69) is 10.3 Å². The van der Waals surface area contributed by atoms with E-state index in [0.29, 0.717) is 18.0 Å². The number of carbonyl (C=O) groups excluding carboxylic acids is 2. The van der Waals surface area contributed by atoms with Gasteiger partial charge in [0, 0.05) is 24.1 Å². The number of Topliss-reactive ketones (excluding diaryl/α,β-unsaturated/α-hetero) is 1. The molecule has 1 heterocycles. The molecule has 0 bridgehead atoms. The van der Waals surface area contributed by atoms with Gasteiger partial charge in [-0.3, -0.25) is 10.1 Å². The van der Waals surface area contributed by atoms with Crippen LogP contribution in [0.25, 0.3) is 0 Å². The van der Waals surface area contributed by atoms with Crippen LogP contribution < -0.4 is 5.32 Å². The minimum absolute atomic E-state index is 0.213. The number of aromatic nitrogens is 1. The first-order valence-electron chi connectivity index (χ1n) is 6.65. The molecule has 1 aromatic carbocycles. The standard InChI is InChI=1S/C15H14N2O3S/c18-12-6-11(7-12)13-9-21-14(16-13)17-15(19)20-8-10-4-2-1-3-5-10/h1-5,9,11H,6-8H2,(H,16,17,19). The predicted molar refractivity (Wildman–Crippen MR) is 79.3 cm³/mol. The van der Waals surface area contributed by atoms with Crippen molar-refractivity contribution in [2.45, 2.75) is 25.4 Å². The monoisotopic (exact) mass is 302 g/mol. The van der Waals surface area contributed by atoms with Gasteiger partial charge in [0.15, 0.2) is 5.13 Å². The smallest absolute Gasteiger partial charge is 0.413 e. The Morgan fingerprint density at radius 3 is 2.81 bits per heavy atom. The van der Waals surface area contributed by atoms with Gasteiger partial charge >= 0.3 is 6.09 Å². The summed E-state index contributed by atoms with van der Waals surface area (Å²) >= 11 is 1.34. The summed E-state index contributed by atoms with van der Waals surface area (Å²) < 4.78 is 5.12. The summed E-state index contributed by atoms with van der Waals surface area (Å²) in [4.78, 5) is 27.0. The number of hydrogen-bond acceptors (Lipinski definition) is 5. The molecule has 1 amide bonds. The van der Waals surface area contributed by atoms with Gasteiger partial charge in [-0.2, -0.15) is 0 Å². The quantitative estimate of drug-likeness (QED) is 0.940. The third-order valence-electron chi connectivity index (χ3n) is 3.31. The summed E-state index contributed by atoms with van der Waals surface area (Å²) in [6.07, 6.45) is 0.591. The van der Waals surface area contributed by atoms with Crippen LogP contribution in [0.5, 0.6) is 0 Å². The molecule has 5 nitrogen and oxygen atoms in total. The summed E-state index contributed by atoms with van der Waals surface area (Å²) in [5.41, 5.74) is 1.80. The lowest BCUT2D eigenvalue weighted by atomic mass is 9.82. The highest BCUT2D eigenvalue weighted by molar-refractivity contribution is 7.13. The van der Waals surface area contributed by atoms with E-state index in [1.807, 2.05) is 35.7 Å². The first-order valence-corrected chi connectivity index (χ1v) is 7.53. The second-order valence-electron chi connectivity index (χ2n) is 4.91. The summed E-state index contributed by atoms with van der Waals surface area (Å²) in [5.74, 6) is 0.481. The van der Waals surface area contributed by atoms with Gasteiger partial charge < -0.3 is 4.74 Å². The second-order valence-corrected chi connectivity index (χ2v) is 5.77. The molecule has 1 aliphatic rings. The van der Waals surface area contributed by atoms with Crippen molar-refractivity contribution < 1.29 is 14.3 Å². The molecule has 6 heteroatoms. The Morgan fingerprint density at radius 1 is 1.33 bits per heavy atom. The van der Waals surface area contributed by atoms with Gasteiger partial charge in [-0.25, -0.2) is 9.78 Å². The summed E-state index contributed by atoms with van der Waals surface area (Å²) in [5, 5.41) is 4.99. The number of nitrogens with one attached hydrogen (secondary N) is 1. The van der Waals surface area contributed by atoms with Gasteiger partial charge in [-0.1, -0.05) is 30.3 Å². The van der Waals surface area contributed by atoms with Crippen LogP contribution in [0, 0.1) is 0 Å². The van der Waals surface area contributed by atoms with E-state index in [-0.39, 0.29) is 18.3 Å². The summed E-state index contributed by atoms with van der Waals surface area (Å²) in [6, 6.07) is 9.48. The SMILES string of the molecule is O=C1CC(c2csc(NC(=O)OCc3ccccc3)n2)C1. The zero-order chi connectivity index (χ0) is 14.7. The maximum absolute atomic E-state index is 11.7. The molecule has 108 valence electrons. The molecule has 1 aromatic heterocycles. The number of hydrogen-bond donors (Lipinski definition) is 1. The lowest BCUT2D eigenvalue weighted by Gasteiger charge is -2.21. The second kappa shape index (κ2) is 6.05. The van der Waals surface area contributed by atoms with E-state index in [9.17, 15) is 9.59 Å². The molecule has 0 spiro atoms. The van der Waals surface area contributed by atoms with Crippen molar-refractivity contribution in [3.63, 3.8) is 0 Å². The van der Waals surface area contributed by atoms with Gasteiger partial charge in [0.25, 0.3) is 0 Å². The average molecular weight is 302 g/mol. The van der Waals surface area contributed by atoms with Gasteiger partial charge in [0.05, 0.1) is 5.69 Å². The van der Waals surface area contributed by atoms with E-state index in [0.717, 1.165) is 11.3 Å². The minimum Gasteiger partial charge on any atom is -0.444 e. The van der Waals surface area contributed by atoms with Crippen LogP contribution in [0.15, 0.2) is 35.7 Å². The molecule has 1 fully saturated rings. The number of nitrogens with zero attached hydrogens (tertiary/aromatic N) is 1. The Hall–Kier alpha value is -2.21. The number of anilines is 1. The number of amides is 1. The molecule has 0 aliphatic heterocycles. The Morgan fingerprint density at radius 2 is 2.10 bits per heavy atom. The van der Waals surface area contributed by atoms with Gasteiger partial charge in [-0.15, -0.1) is 11.3 Å². The van der Waals surface area contributed by atoms with Crippen molar-refractivity contribution >= 4 is 28.3 Å². The summed E-state index contributed by atoms with van der Waals surface area (Å²) in [6.45, 7) is 0.224. The van der Waals surface area contributed by atoms with Gasteiger partial charge in [-0.05, 0) is 5.56 Å². The molecule has 21 heavy (non-hydrogen) atoms. The highest BCUT2D eigenvalue weighted by Gasteiger charge is 2.29. The van der Waals surface area contributed by atoms with Crippen LogP contribution in [-0.2, 0) is 16.1 Å². The van der Waals surface area contributed by atoms with Crippen LogP contribution in [-0.4, -0.2) is 16.9 Å². The first-order chi connectivity index (χ1) is 10.2. The van der Waals surface area contributed by atoms with Crippen molar-refractivity contribution in [1.82, 2.24) is 4.98 Å². The van der Waals surface area contributed by atoms with Crippen molar-refractivity contribution in [1.29, 1.82) is 0 Å².